The monoisotopic (exact) mass is 337 g/mol. The maximum absolute atomic E-state index is 11.5. The normalized spacial score (nSPS) is 12.3. The molecule has 0 spiro atoms. The van der Waals surface area contributed by atoms with Crippen LogP contribution in [0.2, 0.25) is 0 Å². The summed E-state index contributed by atoms with van der Waals surface area (Å²) in [5.74, 6) is 0. The number of aromatic nitrogens is 2. The number of hydrogen-bond donors (Lipinski definition) is 1. The van der Waals surface area contributed by atoms with Gasteiger partial charge in [-0.25, -0.2) is 4.68 Å². The summed E-state index contributed by atoms with van der Waals surface area (Å²) in [7, 11) is 0. The molecule has 0 saturated heterocycles. The molecule has 2 aromatic carbocycles. The first-order chi connectivity index (χ1) is 12.1. The van der Waals surface area contributed by atoms with Crippen LogP contribution in [0.4, 0.5) is 17.1 Å². The number of hydrogen-bond acceptors (Lipinski definition) is 5. The standard InChI is InChI=1S/C18H19N5O2/c1-3-21(4-2)11-22-14-9-10-15(23(24)25)18-16(14)17(20-22)12-7-5-6-8-13(12)19-18/h5-10,19H,3-4,11H2,1-2H3. The third-order valence-corrected chi connectivity index (χ3v) is 4.76. The lowest BCUT2D eigenvalue weighted by molar-refractivity contribution is -0.383. The third-order valence-electron chi connectivity index (χ3n) is 4.76. The molecule has 0 saturated carbocycles. The van der Waals surface area contributed by atoms with Crippen molar-refractivity contribution >= 4 is 28.0 Å². The highest BCUT2D eigenvalue weighted by Gasteiger charge is 2.29. The molecule has 0 fully saturated rings. The van der Waals surface area contributed by atoms with E-state index in [0.717, 1.165) is 40.9 Å². The summed E-state index contributed by atoms with van der Waals surface area (Å²) in [6, 6.07) is 11.1. The Bertz CT molecular complexity index is 975. The Morgan fingerprint density at radius 1 is 1.20 bits per heavy atom. The second kappa shape index (κ2) is 5.86. The molecule has 7 heteroatoms. The smallest absolute Gasteiger partial charge is 0.293 e. The van der Waals surface area contributed by atoms with Crippen molar-refractivity contribution in [3.8, 4) is 11.3 Å². The van der Waals surface area contributed by atoms with Gasteiger partial charge in [-0.3, -0.25) is 15.0 Å². The summed E-state index contributed by atoms with van der Waals surface area (Å²) >= 11 is 0. The van der Waals surface area contributed by atoms with E-state index in [0.29, 0.717) is 12.4 Å². The van der Waals surface area contributed by atoms with Crippen LogP contribution in [0.25, 0.3) is 22.2 Å². The van der Waals surface area contributed by atoms with Gasteiger partial charge in [-0.2, -0.15) is 5.10 Å². The van der Waals surface area contributed by atoms with E-state index in [-0.39, 0.29) is 10.6 Å². The molecule has 0 amide bonds. The molecule has 4 rings (SSSR count). The molecule has 2 heterocycles. The Labute approximate surface area is 145 Å². The first-order valence-corrected chi connectivity index (χ1v) is 8.40. The van der Waals surface area contributed by atoms with Crippen molar-refractivity contribution in [1.82, 2.24) is 14.7 Å². The molecular weight excluding hydrogens is 318 g/mol. The van der Waals surface area contributed by atoms with Crippen LogP contribution in [0.3, 0.4) is 0 Å². The zero-order valence-electron chi connectivity index (χ0n) is 14.2. The van der Waals surface area contributed by atoms with E-state index in [9.17, 15) is 10.1 Å². The van der Waals surface area contributed by atoms with Gasteiger partial charge in [0.2, 0.25) is 0 Å². The van der Waals surface area contributed by atoms with Crippen LogP contribution in [0.5, 0.6) is 0 Å². The highest BCUT2D eigenvalue weighted by Crippen LogP contribution is 2.46. The SMILES string of the molecule is CCN(CC)Cn1nc2c3c(c([N+](=O)[O-])ccc31)Nc1ccccc1-2. The molecule has 1 aliphatic heterocycles. The largest absolute Gasteiger partial charge is 0.349 e. The Kier molecular flexibility index (Phi) is 3.65. The van der Waals surface area contributed by atoms with Crippen molar-refractivity contribution in [3.05, 3.63) is 46.5 Å². The van der Waals surface area contributed by atoms with Crippen molar-refractivity contribution in [2.24, 2.45) is 0 Å². The summed E-state index contributed by atoms with van der Waals surface area (Å²) in [6.07, 6.45) is 0. The van der Waals surface area contributed by atoms with Crippen LogP contribution in [-0.4, -0.2) is 32.7 Å². The molecule has 0 bridgehead atoms. The zero-order valence-corrected chi connectivity index (χ0v) is 14.2. The molecule has 0 unspecified atom stereocenters. The highest BCUT2D eigenvalue weighted by molar-refractivity contribution is 6.11. The van der Waals surface area contributed by atoms with Crippen LogP contribution in [-0.2, 0) is 6.67 Å². The summed E-state index contributed by atoms with van der Waals surface area (Å²) < 4.78 is 1.94. The molecule has 0 radical (unpaired) electrons. The van der Waals surface area contributed by atoms with E-state index in [2.05, 4.69) is 24.1 Å². The van der Waals surface area contributed by atoms with Gasteiger partial charge in [-0.1, -0.05) is 32.0 Å². The van der Waals surface area contributed by atoms with Crippen molar-refractivity contribution in [2.45, 2.75) is 20.5 Å². The first kappa shape index (κ1) is 15.6. The van der Waals surface area contributed by atoms with E-state index < -0.39 is 0 Å². The molecule has 7 nitrogen and oxygen atoms in total. The maximum Gasteiger partial charge on any atom is 0.293 e. The predicted molar refractivity (Wildman–Crippen MR) is 98.0 cm³/mol. The summed E-state index contributed by atoms with van der Waals surface area (Å²) in [6.45, 7) is 6.72. The fourth-order valence-electron chi connectivity index (χ4n) is 3.38. The number of para-hydroxylation sites is 1. The zero-order chi connectivity index (χ0) is 17.6. The Morgan fingerprint density at radius 2 is 1.96 bits per heavy atom. The van der Waals surface area contributed by atoms with E-state index in [1.54, 1.807) is 12.1 Å². The number of benzene rings is 2. The Morgan fingerprint density at radius 3 is 2.68 bits per heavy atom. The van der Waals surface area contributed by atoms with Gasteiger partial charge in [0.25, 0.3) is 5.69 Å². The molecule has 128 valence electrons. The Balaban J connectivity index is 1.99. The summed E-state index contributed by atoms with van der Waals surface area (Å²) in [4.78, 5) is 13.4. The quantitative estimate of drug-likeness (QED) is 0.440. The van der Waals surface area contributed by atoms with Gasteiger partial charge in [0, 0.05) is 17.3 Å². The first-order valence-electron chi connectivity index (χ1n) is 8.40. The lowest BCUT2D eigenvalue weighted by Gasteiger charge is -2.18. The lowest BCUT2D eigenvalue weighted by atomic mass is 9.99. The van der Waals surface area contributed by atoms with Crippen LogP contribution >= 0.6 is 0 Å². The van der Waals surface area contributed by atoms with Gasteiger partial charge < -0.3 is 5.32 Å². The second-order valence-corrected chi connectivity index (χ2v) is 6.07. The van der Waals surface area contributed by atoms with Crippen molar-refractivity contribution in [1.29, 1.82) is 0 Å². The van der Waals surface area contributed by atoms with Crippen LogP contribution in [0, 0.1) is 10.1 Å². The molecule has 1 aliphatic rings. The van der Waals surface area contributed by atoms with Gasteiger partial charge >= 0.3 is 0 Å². The van der Waals surface area contributed by atoms with Crippen molar-refractivity contribution in [2.75, 3.05) is 18.4 Å². The average Bonchev–Trinajstić information content (AvgIpc) is 2.99. The topological polar surface area (TPSA) is 76.2 Å². The lowest BCUT2D eigenvalue weighted by Crippen LogP contribution is -2.26. The fraction of sp³-hybridized carbons (Fsp3) is 0.278. The number of rotatable bonds is 5. The summed E-state index contributed by atoms with van der Waals surface area (Å²) in [5.41, 5.74) is 4.13. The number of nitrogens with zero attached hydrogens (tertiary/aromatic N) is 4. The molecule has 0 aliphatic carbocycles. The molecular formula is C18H19N5O2. The van der Waals surface area contributed by atoms with E-state index in [1.165, 1.54) is 0 Å². The maximum atomic E-state index is 11.5. The molecule has 0 atom stereocenters. The minimum atomic E-state index is -0.346. The molecule has 3 aromatic rings. The number of nitro benzene ring substituents is 1. The molecule has 25 heavy (non-hydrogen) atoms. The van der Waals surface area contributed by atoms with Gasteiger partial charge in [0.15, 0.2) is 0 Å². The highest BCUT2D eigenvalue weighted by atomic mass is 16.6. The van der Waals surface area contributed by atoms with E-state index >= 15 is 0 Å². The second-order valence-electron chi connectivity index (χ2n) is 6.07. The minimum absolute atomic E-state index is 0.0747. The molecule has 1 N–H and O–H groups in total. The van der Waals surface area contributed by atoms with E-state index in [1.807, 2.05) is 28.9 Å². The Hall–Kier alpha value is -2.93. The van der Waals surface area contributed by atoms with Crippen molar-refractivity contribution in [3.63, 3.8) is 0 Å². The van der Waals surface area contributed by atoms with E-state index in [4.69, 9.17) is 5.10 Å². The van der Waals surface area contributed by atoms with Gasteiger partial charge in [-0.15, -0.1) is 0 Å². The van der Waals surface area contributed by atoms with Crippen molar-refractivity contribution < 1.29 is 4.92 Å². The number of nitrogens with one attached hydrogen (secondary N) is 1. The van der Waals surface area contributed by atoms with Gasteiger partial charge in [0.05, 0.1) is 22.5 Å². The van der Waals surface area contributed by atoms with Crippen LogP contribution in [0.1, 0.15) is 13.8 Å². The van der Waals surface area contributed by atoms with Gasteiger partial charge in [-0.05, 0) is 25.2 Å². The number of nitro groups is 1. The predicted octanol–water partition coefficient (Wildman–Crippen LogP) is 3.97. The fourth-order valence-corrected chi connectivity index (χ4v) is 3.38. The number of anilines is 2. The summed E-state index contributed by atoms with van der Waals surface area (Å²) in [5, 5.41) is 20.3. The van der Waals surface area contributed by atoms with Gasteiger partial charge in [0.1, 0.15) is 11.4 Å². The molecule has 1 aromatic heterocycles. The average molecular weight is 337 g/mol. The number of fused-ring (bicyclic) bond motifs is 2. The minimum Gasteiger partial charge on any atom is -0.349 e. The van der Waals surface area contributed by atoms with Crippen LogP contribution < -0.4 is 5.32 Å². The van der Waals surface area contributed by atoms with Crippen LogP contribution in [0.15, 0.2) is 36.4 Å². The third kappa shape index (κ3) is 2.35.